The van der Waals surface area contributed by atoms with Crippen LogP contribution in [0.2, 0.25) is 0 Å². The van der Waals surface area contributed by atoms with Gasteiger partial charge in [-0.2, -0.15) is 4.98 Å². The smallest absolute Gasteiger partial charge is 0.263 e. The zero-order valence-electron chi connectivity index (χ0n) is 15.1. The van der Waals surface area contributed by atoms with Gasteiger partial charge in [-0.15, -0.1) is 0 Å². The quantitative estimate of drug-likeness (QED) is 0.452. The van der Waals surface area contributed by atoms with Crippen LogP contribution in [0.3, 0.4) is 0 Å². The molecule has 0 bridgehead atoms. The molecule has 2 aromatic heterocycles. The monoisotopic (exact) mass is 423 g/mol. The van der Waals surface area contributed by atoms with Crippen LogP contribution in [0.25, 0.3) is 33.7 Å². The van der Waals surface area contributed by atoms with E-state index in [2.05, 4.69) is 37.6 Å². The Hall–Kier alpha value is -2.73. The lowest BCUT2D eigenvalue weighted by atomic mass is 10.1. The molecule has 0 aliphatic heterocycles. The summed E-state index contributed by atoms with van der Waals surface area (Å²) in [4.78, 5) is 17.6. The van der Waals surface area contributed by atoms with Crippen molar-refractivity contribution in [2.45, 2.75) is 26.8 Å². The van der Waals surface area contributed by atoms with Crippen LogP contribution < -0.4 is 5.43 Å². The number of nitrogens with zero attached hydrogens (tertiary/aromatic N) is 3. The predicted octanol–water partition coefficient (Wildman–Crippen LogP) is 5.20. The third kappa shape index (κ3) is 3.32. The van der Waals surface area contributed by atoms with Crippen molar-refractivity contribution < 1.29 is 4.52 Å². The summed E-state index contributed by atoms with van der Waals surface area (Å²) in [6.07, 6.45) is 2.78. The maximum Gasteiger partial charge on any atom is 0.263 e. The SMILES string of the molecule is CCCn1cc(-c2nc(-c3cccc(Br)c3)no2)c(=O)c2cc(C)ccc21. The molecular weight excluding hydrogens is 406 g/mol. The van der Waals surface area contributed by atoms with E-state index in [1.807, 2.05) is 55.6 Å². The van der Waals surface area contributed by atoms with Crippen LogP contribution in [0.15, 0.2) is 62.5 Å². The number of hydrogen-bond acceptors (Lipinski definition) is 4. The highest BCUT2D eigenvalue weighted by Crippen LogP contribution is 2.24. The van der Waals surface area contributed by atoms with E-state index in [0.717, 1.165) is 34.1 Å². The molecule has 0 aliphatic rings. The van der Waals surface area contributed by atoms with Crippen LogP contribution in [0.5, 0.6) is 0 Å². The molecule has 2 heterocycles. The van der Waals surface area contributed by atoms with Crippen LogP contribution in [-0.2, 0) is 6.54 Å². The molecule has 0 fully saturated rings. The van der Waals surface area contributed by atoms with Crippen molar-refractivity contribution in [3.05, 3.63) is 68.9 Å². The zero-order chi connectivity index (χ0) is 19.0. The van der Waals surface area contributed by atoms with Gasteiger partial charge in [0.15, 0.2) is 0 Å². The Balaban J connectivity index is 1.89. The second kappa shape index (κ2) is 7.12. The number of fused-ring (bicyclic) bond motifs is 1. The van der Waals surface area contributed by atoms with Crippen molar-refractivity contribution >= 4 is 26.8 Å². The molecule has 0 unspecified atom stereocenters. The van der Waals surface area contributed by atoms with E-state index < -0.39 is 0 Å². The molecule has 0 radical (unpaired) electrons. The van der Waals surface area contributed by atoms with Crippen LogP contribution in [0.1, 0.15) is 18.9 Å². The van der Waals surface area contributed by atoms with E-state index >= 15 is 0 Å². The molecule has 4 aromatic rings. The van der Waals surface area contributed by atoms with Crippen molar-refractivity contribution in [1.82, 2.24) is 14.7 Å². The van der Waals surface area contributed by atoms with E-state index in [1.165, 1.54) is 0 Å². The van der Waals surface area contributed by atoms with Crippen LogP contribution >= 0.6 is 15.9 Å². The summed E-state index contributed by atoms with van der Waals surface area (Å²) < 4.78 is 8.45. The Morgan fingerprint density at radius 3 is 2.81 bits per heavy atom. The third-order valence-electron chi connectivity index (χ3n) is 4.44. The summed E-state index contributed by atoms with van der Waals surface area (Å²) in [7, 11) is 0. The van der Waals surface area contributed by atoms with Gasteiger partial charge >= 0.3 is 0 Å². The standard InChI is InChI=1S/C21H18BrN3O2/c1-3-9-25-12-17(19(26)16-10-13(2)7-8-18(16)25)21-23-20(24-27-21)14-5-4-6-15(22)11-14/h4-8,10-12H,3,9H2,1-2H3. The van der Waals surface area contributed by atoms with E-state index in [9.17, 15) is 4.79 Å². The van der Waals surface area contributed by atoms with Crippen molar-refractivity contribution in [3.8, 4) is 22.8 Å². The Morgan fingerprint density at radius 1 is 1.19 bits per heavy atom. The molecule has 0 atom stereocenters. The van der Waals surface area contributed by atoms with Gasteiger partial charge < -0.3 is 9.09 Å². The number of aromatic nitrogens is 3. The summed E-state index contributed by atoms with van der Waals surface area (Å²) in [5.41, 5.74) is 3.12. The second-order valence-electron chi connectivity index (χ2n) is 6.52. The average Bonchev–Trinajstić information content (AvgIpc) is 3.14. The van der Waals surface area contributed by atoms with E-state index in [4.69, 9.17) is 4.52 Å². The second-order valence-corrected chi connectivity index (χ2v) is 7.44. The lowest BCUT2D eigenvalue weighted by Gasteiger charge is -2.11. The Morgan fingerprint density at radius 2 is 2.04 bits per heavy atom. The molecule has 0 aliphatic carbocycles. The summed E-state index contributed by atoms with van der Waals surface area (Å²) in [6, 6.07) is 13.6. The normalized spacial score (nSPS) is 11.2. The fraction of sp³-hybridized carbons (Fsp3) is 0.190. The largest absolute Gasteiger partial charge is 0.346 e. The minimum absolute atomic E-state index is 0.0921. The molecule has 0 spiro atoms. The molecule has 0 saturated carbocycles. The maximum absolute atomic E-state index is 13.1. The molecule has 2 aromatic carbocycles. The van der Waals surface area contributed by atoms with E-state index in [0.29, 0.717) is 16.8 Å². The van der Waals surface area contributed by atoms with Crippen LogP contribution in [-0.4, -0.2) is 14.7 Å². The number of hydrogen-bond donors (Lipinski definition) is 0. The first-order valence-corrected chi connectivity index (χ1v) is 9.60. The highest BCUT2D eigenvalue weighted by Gasteiger charge is 2.17. The highest BCUT2D eigenvalue weighted by molar-refractivity contribution is 9.10. The predicted molar refractivity (Wildman–Crippen MR) is 110 cm³/mol. The van der Waals surface area contributed by atoms with Gasteiger partial charge in [-0.1, -0.05) is 51.8 Å². The molecule has 136 valence electrons. The summed E-state index contributed by atoms with van der Waals surface area (Å²) in [6.45, 7) is 4.89. The fourth-order valence-electron chi connectivity index (χ4n) is 3.17. The van der Waals surface area contributed by atoms with Crippen LogP contribution in [0.4, 0.5) is 0 Å². The lowest BCUT2D eigenvalue weighted by Crippen LogP contribution is -2.12. The highest BCUT2D eigenvalue weighted by atomic mass is 79.9. The maximum atomic E-state index is 13.1. The Labute approximate surface area is 164 Å². The number of rotatable bonds is 4. The van der Waals surface area contributed by atoms with Gasteiger partial charge in [0.1, 0.15) is 5.56 Å². The van der Waals surface area contributed by atoms with Gasteiger partial charge in [0.2, 0.25) is 11.3 Å². The number of halogens is 1. The molecular formula is C21H18BrN3O2. The minimum Gasteiger partial charge on any atom is -0.346 e. The topological polar surface area (TPSA) is 60.9 Å². The van der Waals surface area contributed by atoms with Crippen molar-refractivity contribution in [2.75, 3.05) is 0 Å². The van der Waals surface area contributed by atoms with Crippen LogP contribution in [0, 0.1) is 6.92 Å². The average molecular weight is 424 g/mol. The number of benzene rings is 2. The Bertz CT molecular complexity index is 1190. The van der Waals surface area contributed by atoms with Crippen molar-refractivity contribution in [3.63, 3.8) is 0 Å². The minimum atomic E-state index is -0.0921. The van der Waals surface area contributed by atoms with Gasteiger partial charge in [-0.05, 0) is 37.6 Å². The molecule has 6 heteroatoms. The van der Waals surface area contributed by atoms with Crippen molar-refractivity contribution in [1.29, 1.82) is 0 Å². The lowest BCUT2D eigenvalue weighted by molar-refractivity contribution is 0.431. The van der Waals surface area contributed by atoms with E-state index in [-0.39, 0.29) is 11.3 Å². The first kappa shape index (κ1) is 17.7. The van der Waals surface area contributed by atoms with Gasteiger partial charge in [0.25, 0.3) is 5.89 Å². The summed E-state index contributed by atoms with van der Waals surface area (Å²) >= 11 is 3.44. The number of pyridine rings is 1. The summed E-state index contributed by atoms with van der Waals surface area (Å²) in [5, 5.41) is 4.73. The van der Waals surface area contributed by atoms with Gasteiger partial charge in [-0.25, -0.2) is 0 Å². The first-order valence-electron chi connectivity index (χ1n) is 8.80. The zero-order valence-corrected chi connectivity index (χ0v) is 16.7. The van der Waals surface area contributed by atoms with Gasteiger partial charge in [0, 0.05) is 28.2 Å². The third-order valence-corrected chi connectivity index (χ3v) is 4.93. The molecule has 4 rings (SSSR count). The number of aryl methyl sites for hydroxylation is 2. The molecule has 27 heavy (non-hydrogen) atoms. The van der Waals surface area contributed by atoms with E-state index in [1.54, 1.807) is 0 Å². The molecule has 0 amide bonds. The molecule has 0 saturated heterocycles. The summed E-state index contributed by atoms with van der Waals surface area (Å²) in [5.74, 6) is 0.695. The van der Waals surface area contributed by atoms with Gasteiger partial charge in [0.05, 0.1) is 5.52 Å². The molecule has 5 nitrogen and oxygen atoms in total. The molecule has 0 N–H and O–H groups in total. The first-order chi connectivity index (χ1) is 13.1. The Kier molecular flexibility index (Phi) is 4.66. The van der Waals surface area contributed by atoms with Gasteiger partial charge in [-0.3, -0.25) is 4.79 Å². The van der Waals surface area contributed by atoms with Crippen molar-refractivity contribution in [2.24, 2.45) is 0 Å². The fourth-order valence-corrected chi connectivity index (χ4v) is 3.57.